The molecule has 0 aromatic carbocycles. The van der Waals surface area contributed by atoms with Gasteiger partial charge >= 0.3 is 117 Å². The van der Waals surface area contributed by atoms with Crippen molar-refractivity contribution in [3.63, 3.8) is 0 Å². The molecule has 0 aliphatic carbocycles. The molecule has 0 N–H and O–H groups in total. The minimum Gasteiger partial charge on any atom is 1.00 e. The normalized spacial score (nSPS) is 10.3. The number of carboxylic acid groups (broad SMARTS) is 1. The van der Waals surface area contributed by atoms with Gasteiger partial charge in [-0.1, -0.05) is 0 Å². The summed E-state index contributed by atoms with van der Waals surface area (Å²) in [7, 11) is 14.8. The van der Waals surface area contributed by atoms with Crippen molar-refractivity contribution in [2.24, 2.45) is 0 Å². The molecule has 0 atom stereocenters. The van der Waals surface area contributed by atoms with E-state index in [1.165, 1.54) is 0 Å². The maximum absolute atomic E-state index is 10.5. The number of carboxylic acids is 1. The molecule has 0 amide bonds. The minimum absolute atomic E-state index is 0. The summed E-state index contributed by atoms with van der Waals surface area (Å²) in [6.45, 7) is 0. The first-order valence-corrected chi connectivity index (χ1v) is 8.34. The summed E-state index contributed by atoms with van der Waals surface area (Å²) in [6.07, 6.45) is -5.19. The first-order chi connectivity index (χ1) is 4.68. The van der Waals surface area contributed by atoms with Gasteiger partial charge in [0.2, 0.25) is 0 Å². The second-order valence-corrected chi connectivity index (χ2v) is 8.85. The van der Waals surface area contributed by atoms with Gasteiger partial charge in [0.05, 0.1) is 0 Å². The van der Waals surface area contributed by atoms with Crippen LogP contribution in [0.1, 0.15) is 0 Å². The average Bonchev–Trinajstić information content (AvgIpc) is 1.59. The first kappa shape index (κ1) is 20.2. The van der Waals surface area contributed by atoms with E-state index >= 15 is 0 Å². The molecule has 0 saturated heterocycles. The van der Waals surface area contributed by atoms with Gasteiger partial charge in [0.1, 0.15) is 5.97 Å². The van der Waals surface area contributed by atoms with Crippen molar-refractivity contribution in [2.45, 2.75) is 6.18 Å². The van der Waals surface area contributed by atoms with Crippen LogP contribution in [0.5, 0.6) is 0 Å². The molecule has 0 rings (SSSR count). The zero-order valence-electron chi connectivity index (χ0n) is 5.44. The zero-order valence-corrected chi connectivity index (χ0v) is 15.7. The van der Waals surface area contributed by atoms with Gasteiger partial charge in [-0.3, -0.25) is 0 Å². The third-order valence-electron chi connectivity index (χ3n) is 0.231. The summed E-state index contributed by atoms with van der Waals surface area (Å²) in [5.74, 6) is -3.01. The van der Waals surface area contributed by atoms with Gasteiger partial charge in [-0.05, 0) is 0 Å². The molecule has 0 saturated carbocycles. The van der Waals surface area contributed by atoms with E-state index < -0.39 is 25.1 Å². The van der Waals surface area contributed by atoms with E-state index in [-0.39, 0.29) is 68.9 Å². The molecule has 10 heteroatoms. The fraction of sp³-hybridized carbons (Fsp3) is 0.500. The molecule has 0 aliphatic heterocycles. The molecule has 12 heavy (non-hydrogen) atoms. The van der Waals surface area contributed by atoms with Crippen LogP contribution in [0.15, 0.2) is 0 Å². The molecule has 0 fully saturated rings. The van der Waals surface area contributed by atoms with Crippen LogP contribution in [0.25, 0.3) is 0 Å². The second-order valence-electron chi connectivity index (χ2n) is 0.937. The summed E-state index contributed by atoms with van der Waals surface area (Å²) in [5.41, 5.74) is 0. The molecule has 0 radical (unpaired) electrons. The first-order valence-electron chi connectivity index (χ1n) is 1.63. The van der Waals surface area contributed by atoms with Gasteiger partial charge in [0.15, 0.2) is 0 Å². The maximum atomic E-state index is 10.5. The molecule has 2 nitrogen and oxygen atoms in total. The van der Waals surface area contributed by atoms with Crippen molar-refractivity contribution >= 4 is 35.0 Å². The Balaban J connectivity index is -0.000000142. The quantitative estimate of drug-likeness (QED) is 0.414. The molecule has 0 bridgehead atoms. The summed E-state index contributed by atoms with van der Waals surface area (Å²) in [5, 5.41) is 8.78. The number of carbonyl (C=O) groups is 1. The van der Waals surface area contributed by atoms with E-state index in [0.29, 0.717) is 0 Å². The van der Waals surface area contributed by atoms with Gasteiger partial charge in [-0.15, -0.1) is 0 Å². The van der Waals surface area contributed by atoms with Crippen molar-refractivity contribution in [3.05, 3.63) is 0 Å². The number of hydrogen-bond donors (Lipinski definition) is 0. The molecular formula is C2Cl3CsF3O2Ru. The number of aliphatic carboxylic acids is 1. The second kappa shape index (κ2) is 10.3. The third kappa shape index (κ3) is 23.0. The van der Waals surface area contributed by atoms with Gasteiger partial charge in [0, 0.05) is 0 Å². The topological polar surface area (TPSA) is 40.1 Å². The van der Waals surface area contributed by atoms with E-state index in [2.05, 4.69) is 0 Å². The van der Waals surface area contributed by atoms with Crippen molar-refractivity contribution < 1.29 is 105 Å². The van der Waals surface area contributed by atoms with Crippen LogP contribution in [0.2, 0.25) is 0 Å². The Morgan fingerprint density at radius 2 is 1.33 bits per heavy atom. The van der Waals surface area contributed by atoms with Crippen LogP contribution in [0, 0.1) is 0 Å². The van der Waals surface area contributed by atoms with Crippen LogP contribution in [-0.2, 0) is 17.8 Å². The molecule has 0 aromatic rings. The predicted molar refractivity (Wildman–Crippen MR) is 28.6 cm³/mol. The Labute approximate surface area is 143 Å². The van der Waals surface area contributed by atoms with E-state index in [9.17, 15) is 13.2 Å². The Morgan fingerprint density at radius 1 is 1.25 bits per heavy atom. The van der Waals surface area contributed by atoms with Crippen molar-refractivity contribution in [1.82, 2.24) is 0 Å². The Morgan fingerprint density at radius 3 is 1.33 bits per heavy atom. The SMILES string of the molecule is O=C([O-])C(F)(F)F.[Cl][Ru]([Cl])[Cl].[Cs+]. The van der Waals surface area contributed by atoms with Crippen molar-refractivity contribution in [3.8, 4) is 0 Å². The molecule has 71 valence electrons. The van der Waals surface area contributed by atoms with Crippen LogP contribution in [-0.4, -0.2) is 12.1 Å². The van der Waals surface area contributed by atoms with E-state index in [1.54, 1.807) is 0 Å². The third-order valence-corrected chi connectivity index (χ3v) is 0.231. The summed E-state index contributed by atoms with van der Waals surface area (Å²) >= 11 is -1.75. The van der Waals surface area contributed by atoms with Gasteiger partial charge in [0.25, 0.3) is 0 Å². The molecule has 0 aromatic heterocycles. The Kier molecular flexibility index (Phi) is 17.4. The van der Waals surface area contributed by atoms with E-state index in [4.69, 9.17) is 39.0 Å². The fourth-order valence-corrected chi connectivity index (χ4v) is 0. The van der Waals surface area contributed by atoms with Crippen molar-refractivity contribution in [1.29, 1.82) is 0 Å². The van der Waals surface area contributed by atoms with Gasteiger partial charge in [-0.2, -0.15) is 13.2 Å². The van der Waals surface area contributed by atoms with Crippen LogP contribution < -0.4 is 74.0 Å². The number of halogens is 6. The standard InChI is InChI=1S/C2HF3O2.3ClH.Cs.Ru/c3-2(4,5)1(6)7;;;;;/h(H,6,7);3*1H;;/q;;;;+1;+3/p-4. The monoisotopic (exact) mass is 453 g/mol. The Bertz CT molecular complexity index is 128. The van der Waals surface area contributed by atoms with E-state index in [0.717, 1.165) is 0 Å². The average molecular weight is 453 g/mol. The minimum atomic E-state index is -5.19. The molecular weight excluding hydrogens is 453 g/mol. The fourth-order valence-electron chi connectivity index (χ4n) is 0. The number of rotatable bonds is 0. The molecule has 0 heterocycles. The summed E-state index contributed by atoms with van der Waals surface area (Å²) < 4.78 is 31.5. The van der Waals surface area contributed by atoms with Gasteiger partial charge in [-0.25, -0.2) is 0 Å². The van der Waals surface area contributed by atoms with Gasteiger partial charge < -0.3 is 9.90 Å². The van der Waals surface area contributed by atoms with E-state index in [1.807, 2.05) is 0 Å². The van der Waals surface area contributed by atoms with Crippen LogP contribution in [0.3, 0.4) is 0 Å². The smallest absolute Gasteiger partial charge is 1.00 e. The predicted octanol–water partition coefficient (Wildman–Crippen LogP) is -1.63. The molecule has 0 aliphatic rings. The number of carbonyl (C=O) groups excluding carboxylic acids is 1. The molecule has 0 unspecified atom stereocenters. The number of alkyl halides is 3. The summed E-state index contributed by atoms with van der Waals surface area (Å²) in [4.78, 5) is 8.78. The maximum Gasteiger partial charge on any atom is 1.00 e. The largest absolute Gasteiger partial charge is 1.00 e. The molecule has 0 spiro atoms. The summed E-state index contributed by atoms with van der Waals surface area (Å²) in [6, 6.07) is 0. The number of hydrogen-bond acceptors (Lipinski definition) is 2. The van der Waals surface area contributed by atoms with Crippen LogP contribution in [0.4, 0.5) is 13.2 Å². The zero-order chi connectivity index (χ0) is 9.65. The van der Waals surface area contributed by atoms with Crippen molar-refractivity contribution in [2.75, 3.05) is 0 Å². The van der Waals surface area contributed by atoms with Crippen LogP contribution >= 0.6 is 29.1 Å². The Hall–Kier alpha value is 2.81.